The summed E-state index contributed by atoms with van der Waals surface area (Å²) in [7, 11) is 0. The van der Waals surface area contributed by atoms with Crippen molar-refractivity contribution in [3.05, 3.63) is 23.9 Å². The molecule has 0 aromatic carbocycles. The monoisotopic (exact) mass is 273 g/mol. The zero-order valence-electron chi connectivity index (χ0n) is 12.7. The Balaban J connectivity index is 1.62. The third kappa shape index (κ3) is 2.98. The molecule has 3 heteroatoms. The van der Waals surface area contributed by atoms with E-state index in [1.165, 1.54) is 63.0 Å². The summed E-state index contributed by atoms with van der Waals surface area (Å²) in [4.78, 5) is 7.07. The van der Waals surface area contributed by atoms with Gasteiger partial charge in [0, 0.05) is 25.8 Å². The summed E-state index contributed by atoms with van der Waals surface area (Å²) in [5.41, 5.74) is 2.04. The quantitative estimate of drug-likeness (QED) is 0.912. The number of anilines is 1. The standard InChI is InChI=1S/C17H27N3/c1-2-18-14-15-5-10-19-16(13-15)20-11-8-17(9-12-20)6-3-4-7-17/h5,10,13,18H,2-4,6-9,11-12,14H2,1H3. The van der Waals surface area contributed by atoms with Crippen molar-refractivity contribution in [3.63, 3.8) is 0 Å². The average Bonchev–Trinajstić information content (AvgIpc) is 2.94. The second kappa shape index (κ2) is 6.13. The molecule has 2 fully saturated rings. The van der Waals surface area contributed by atoms with Gasteiger partial charge in [0.2, 0.25) is 0 Å². The Morgan fingerprint density at radius 3 is 2.65 bits per heavy atom. The topological polar surface area (TPSA) is 28.2 Å². The molecule has 3 nitrogen and oxygen atoms in total. The van der Waals surface area contributed by atoms with Gasteiger partial charge in [0.15, 0.2) is 0 Å². The van der Waals surface area contributed by atoms with Gasteiger partial charge >= 0.3 is 0 Å². The Bertz CT molecular complexity index is 428. The predicted molar refractivity (Wildman–Crippen MR) is 84.0 cm³/mol. The Hall–Kier alpha value is -1.09. The van der Waals surface area contributed by atoms with Gasteiger partial charge in [-0.05, 0) is 55.3 Å². The summed E-state index contributed by atoms with van der Waals surface area (Å²) in [6.07, 6.45) is 10.5. The zero-order valence-corrected chi connectivity index (χ0v) is 12.7. The molecular formula is C17H27N3. The molecule has 1 saturated heterocycles. The van der Waals surface area contributed by atoms with E-state index >= 15 is 0 Å². The van der Waals surface area contributed by atoms with Gasteiger partial charge in [0.05, 0.1) is 0 Å². The highest BCUT2D eigenvalue weighted by Crippen LogP contribution is 2.46. The van der Waals surface area contributed by atoms with Crippen molar-refractivity contribution in [3.8, 4) is 0 Å². The fourth-order valence-corrected chi connectivity index (χ4v) is 3.85. The van der Waals surface area contributed by atoms with E-state index in [9.17, 15) is 0 Å². The minimum atomic E-state index is 0.692. The molecule has 0 bridgehead atoms. The molecule has 1 saturated carbocycles. The summed E-state index contributed by atoms with van der Waals surface area (Å²) in [6, 6.07) is 4.38. The highest BCUT2D eigenvalue weighted by molar-refractivity contribution is 5.41. The van der Waals surface area contributed by atoms with Crippen LogP contribution in [0.1, 0.15) is 51.0 Å². The van der Waals surface area contributed by atoms with Crippen molar-refractivity contribution >= 4 is 5.82 Å². The normalized spacial score (nSPS) is 21.6. The lowest BCUT2D eigenvalue weighted by atomic mass is 9.77. The lowest BCUT2D eigenvalue weighted by molar-refractivity contribution is 0.226. The van der Waals surface area contributed by atoms with E-state index in [-0.39, 0.29) is 0 Å². The third-order valence-corrected chi connectivity index (χ3v) is 5.20. The first kappa shape index (κ1) is 13.9. The average molecular weight is 273 g/mol. The Morgan fingerprint density at radius 1 is 1.20 bits per heavy atom. The minimum absolute atomic E-state index is 0.692. The molecule has 0 radical (unpaired) electrons. The molecule has 2 aliphatic rings. The Labute approximate surface area is 122 Å². The maximum Gasteiger partial charge on any atom is 0.128 e. The van der Waals surface area contributed by atoms with Crippen LogP contribution in [0.25, 0.3) is 0 Å². The molecule has 0 unspecified atom stereocenters. The van der Waals surface area contributed by atoms with Crippen LogP contribution in [0.3, 0.4) is 0 Å². The maximum absolute atomic E-state index is 4.58. The van der Waals surface area contributed by atoms with E-state index in [2.05, 4.69) is 34.3 Å². The number of aromatic nitrogens is 1. The largest absolute Gasteiger partial charge is 0.357 e. The van der Waals surface area contributed by atoms with E-state index in [0.29, 0.717) is 5.41 Å². The predicted octanol–water partition coefficient (Wildman–Crippen LogP) is 3.35. The molecule has 1 aliphatic carbocycles. The van der Waals surface area contributed by atoms with E-state index < -0.39 is 0 Å². The Kier molecular flexibility index (Phi) is 4.25. The van der Waals surface area contributed by atoms with Crippen LogP contribution in [0.5, 0.6) is 0 Å². The fraction of sp³-hybridized carbons (Fsp3) is 0.706. The van der Waals surface area contributed by atoms with Gasteiger partial charge in [-0.25, -0.2) is 4.98 Å². The van der Waals surface area contributed by atoms with Crippen LogP contribution in [0.2, 0.25) is 0 Å². The molecule has 0 atom stereocenters. The highest BCUT2D eigenvalue weighted by atomic mass is 15.2. The molecule has 2 heterocycles. The first-order valence-electron chi connectivity index (χ1n) is 8.22. The molecule has 20 heavy (non-hydrogen) atoms. The molecule has 1 aromatic rings. The lowest BCUT2D eigenvalue weighted by Gasteiger charge is -2.40. The zero-order chi connectivity index (χ0) is 13.8. The SMILES string of the molecule is CCNCc1ccnc(N2CCC3(CCCC3)CC2)c1. The summed E-state index contributed by atoms with van der Waals surface area (Å²) in [5.74, 6) is 1.17. The summed E-state index contributed by atoms with van der Waals surface area (Å²) in [5, 5.41) is 3.39. The van der Waals surface area contributed by atoms with Crippen LogP contribution in [0.4, 0.5) is 5.82 Å². The van der Waals surface area contributed by atoms with Gasteiger partial charge in [-0.3, -0.25) is 0 Å². The van der Waals surface area contributed by atoms with Gasteiger partial charge in [0.1, 0.15) is 5.82 Å². The van der Waals surface area contributed by atoms with Crippen molar-refractivity contribution in [2.45, 2.75) is 52.0 Å². The van der Waals surface area contributed by atoms with Crippen molar-refractivity contribution < 1.29 is 0 Å². The minimum Gasteiger partial charge on any atom is -0.357 e. The first-order valence-corrected chi connectivity index (χ1v) is 8.22. The molecule has 1 aromatic heterocycles. The second-order valence-corrected chi connectivity index (χ2v) is 6.50. The maximum atomic E-state index is 4.58. The van der Waals surface area contributed by atoms with E-state index in [1.807, 2.05) is 6.20 Å². The van der Waals surface area contributed by atoms with Gasteiger partial charge in [0.25, 0.3) is 0 Å². The van der Waals surface area contributed by atoms with Crippen molar-refractivity contribution in [2.75, 3.05) is 24.5 Å². The highest BCUT2D eigenvalue weighted by Gasteiger charge is 2.37. The van der Waals surface area contributed by atoms with Crippen LogP contribution in [-0.2, 0) is 6.54 Å². The van der Waals surface area contributed by atoms with Crippen molar-refractivity contribution in [1.82, 2.24) is 10.3 Å². The Morgan fingerprint density at radius 2 is 1.95 bits per heavy atom. The molecule has 1 N–H and O–H groups in total. The molecule has 0 amide bonds. The number of hydrogen-bond donors (Lipinski definition) is 1. The number of pyridine rings is 1. The third-order valence-electron chi connectivity index (χ3n) is 5.20. The van der Waals surface area contributed by atoms with Crippen LogP contribution < -0.4 is 10.2 Å². The fourth-order valence-electron chi connectivity index (χ4n) is 3.85. The van der Waals surface area contributed by atoms with Crippen LogP contribution in [0, 0.1) is 5.41 Å². The van der Waals surface area contributed by atoms with E-state index in [1.54, 1.807) is 0 Å². The van der Waals surface area contributed by atoms with Crippen LogP contribution in [0.15, 0.2) is 18.3 Å². The number of hydrogen-bond acceptors (Lipinski definition) is 3. The van der Waals surface area contributed by atoms with Gasteiger partial charge < -0.3 is 10.2 Å². The smallest absolute Gasteiger partial charge is 0.128 e. The number of piperidine rings is 1. The van der Waals surface area contributed by atoms with Gasteiger partial charge in [-0.15, -0.1) is 0 Å². The molecule has 1 spiro atoms. The van der Waals surface area contributed by atoms with Gasteiger partial charge in [-0.1, -0.05) is 19.8 Å². The summed E-state index contributed by atoms with van der Waals surface area (Å²) >= 11 is 0. The first-order chi connectivity index (χ1) is 9.81. The van der Waals surface area contributed by atoms with Crippen molar-refractivity contribution in [2.24, 2.45) is 5.41 Å². The van der Waals surface area contributed by atoms with Crippen molar-refractivity contribution in [1.29, 1.82) is 0 Å². The van der Waals surface area contributed by atoms with Crippen LogP contribution in [-0.4, -0.2) is 24.6 Å². The number of nitrogens with one attached hydrogen (secondary N) is 1. The number of rotatable bonds is 4. The van der Waals surface area contributed by atoms with Gasteiger partial charge in [-0.2, -0.15) is 0 Å². The molecule has 110 valence electrons. The summed E-state index contributed by atoms with van der Waals surface area (Å²) in [6.45, 7) is 6.50. The number of nitrogens with zero attached hydrogens (tertiary/aromatic N) is 2. The second-order valence-electron chi connectivity index (χ2n) is 6.50. The molecule has 1 aliphatic heterocycles. The lowest BCUT2D eigenvalue weighted by Crippen LogP contribution is -2.39. The summed E-state index contributed by atoms with van der Waals surface area (Å²) < 4.78 is 0. The van der Waals surface area contributed by atoms with Crippen LogP contribution >= 0.6 is 0 Å². The van der Waals surface area contributed by atoms with E-state index in [0.717, 1.165) is 13.1 Å². The molecular weight excluding hydrogens is 246 g/mol. The van der Waals surface area contributed by atoms with E-state index in [4.69, 9.17) is 0 Å². The molecule has 3 rings (SSSR count).